The van der Waals surface area contributed by atoms with Crippen molar-refractivity contribution in [2.24, 2.45) is 0 Å². The average Bonchev–Trinajstić information content (AvgIpc) is 2.74. The zero-order chi connectivity index (χ0) is 20.4. The molecule has 2 aromatic rings. The number of benzene rings is 2. The monoisotopic (exact) mass is 388 g/mol. The van der Waals surface area contributed by atoms with Crippen molar-refractivity contribution in [2.45, 2.75) is 32.1 Å². The molecule has 7 nitrogen and oxygen atoms in total. The second-order valence-corrected chi connectivity index (χ2v) is 6.20. The van der Waals surface area contributed by atoms with Gasteiger partial charge in [-0.05, 0) is 35.4 Å². The van der Waals surface area contributed by atoms with Crippen LogP contribution in [0, 0.1) is 0 Å². The minimum absolute atomic E-state index is 0.0992. The van der Waals surface area contributed by atoms with Gasteiger partial charge < -0.3 is 24.7 Å². The average molecular weight is 388 g/mol. The van der Waals surface area contributed by atoms with Gasteiger partial charge in [0.25, 0.3) is 0 Å². The lowest BCUT2D eigenvalue weighted by molar-refractivity contribution is -0.409. The minimum atomic E-state index is -0.633. The first-order valence-electron chi connectivity index (χ1n) is 8.93. The number of carbonyl (C=O) groups excluding carboxylic acids is 2. The van der Waals surface area contributed by atoms with Crippen molar-refractivity contribution in [2.75, 3.05) is 14.2 Å². The lowest BCUT2D eigenvalue weighted by Crippen LogP contribution is -2.65. The molecule has 0 aliphatic carbocycles. The number of hydrogen-bond acceptors (Lipinski definition) is 6. The standard InChI is InChI=1S/C21H25NO6/c1-25-17-7-3-15(4-8-17)13-27-20(23)12-11-19(22)21(24)28-14-16-5-9-18(26-2)10-6-16/h3-10,19H,11-14,22H2,1-2H3/p+1/t19-/m0/s1. The van der Waals surface area contributed by atoms with Crippen LogP contribution < -0.4 is 15.2 Å². The van der Waals surface area contributed by atoms with Crippen LogP contribution in [0.25, 0.3) is 0 Å². The predicted octanol–water partition coefficient (Wildman–Crippen LogP) is 1.88. The summed E-state index contributed by atoms with van der Waals surface area (Å²) < 4.78 is 20.6. The Morgan fingerprint density at radius 1 is 0.821 bits per heavy atom. The molecular formula is C21H26NO6+. The van der Waals surface area contributed by atoms with Crippen molar-refractivity contribution in [1.82, 2.24) is 0 Å². The Bertz CT molecular complexity index is 757. The van der Waals surface area contributed by atoms with Gasteiger partial charge in [0.2, 0.25) is 0 Å². The van der Waals surface area contributed by atoms with Gasteiger partial charge in [-0.25, -0.2) is 4.79 Å². The number of hydrogen-bond donors (Lipinski definition) is 1. The van der Waals surface area contributed by atoms with Gasteiger partial charge in [0.05, 0.1) is 20.6 Å². The first-order valence-corrected chi connectivity index (χ1v) is 8.93. The fourth-order valence-electron chi connectivity index (χ4n) is 2.36. The van der Waals surface area contributed by atoms with Crippen molar-refractivity contribution in [3.8, 4) is 11.5 Å². The molecule has 1 atom stereocenters. The molecule has 2 aromatic carbocycles. The summed E-state index contributed by atoms with van der Waals surface area (Å²) in [4.78, 5) is 23.9. The SMILES string of the molecule is COc1ccc(COC(=O)CC[C@H]([NH3+])C(=O)OCc2ccc(OC)cc2)cc1. The Hall–Kier alpha value is -3.06. The Labute approximate surface area is 164 Å². The van der Waals surface area contributed by atoms with Crippen LogP contribution in [-0.2, 0) is 32.3 Å². The molecule has 0 unspecified atom stereocenters. The molecule has 0 aliphatic rings. The molecule has 0 saturated carbocycles. The van der Waals surface area contributed by atoms with Crippen molar-refractivity contribution in [1.29, 1.82) is 0 Å². The van der Waals surface area contributed by atoms with Gasteiger partial charge in [-0.1, -0.05) is 24.3 Å². The maximum atomic E-state index is 12.0. The first kappa shape index (κ1) is 21.2. The fourth-order valence-corrected chi connectivity index (χ4v) is 2.36. The maximum absolute atomic E-state index is 12.0. The number of methoxy groups -OCH3 is 2. The van der Waals surface area contributed by atoms with Gasteiger partial charge in [0.15, 0.2) is 6.04 Å². The quantitative estimate of drug-likeness (QED) is 0.624. The van der Waals surface area contributed by atoms with Crippen LogP contribution in [0.5, 0.6) is 11.5 Å². The lowest BCUT2D eigenvalue weighted by atomic mass is 10.1. The van der Waals surface area contributed by atoms with Crippen LogP contribution in [0.15, 0.2) is 48.5 Å². The van der Waals surface area contributed by atoms with Crippen LogP contribution in [0.1, 0.15) is 24.0 Å². The summed E-state index contributed by atoms with van der Waals surface area (Å²) in [5.74, 6) is 0.646. The highest BCUT2D eigenvalue weighted by Gasteiger charge is 2.20. The Morgan fingerprint density at radius 2 is 1.29 bits per heavy atom. The largest absolute Gasteiger partial charge is 0.497 e. The number of rotatable bonds is 10. The molecule has 0 aromatic heterocycles. The number of ether oxygens (including phenoxy) is 4. The fraction of sp³-hybridized carbons (Fsp3) is 0.333. The Morgan fingerprint density at radius 3 is 1.75 bits per heavy atom. The van der Waals surface area contributed by atoms with E-state index < -0.39 is 12.0 Å². The summed E-state index contributed by atoms with van der Waals surface area (Å²) in [5.41, 5.74) is 5.48. The summed E-state index contributed by atoms with van der Waals surface area (Å²) in [6.07, 6.45) is 0.366. The van der Waals surface area contributed by atoms with Crippen molar-refractivity contribution in [3.63, 3.8) is 0 Å². The minimum Gasteiger partial charge on any atom is -0.497 e. The third-order valence-corrected chi connectivity index (χ3v) is 4.13. The summed E-state index contributed by atoms with van der Waals surface area (Å²) >= 11 is 0. The van der Waals surface area contributed by atoms with E-state index in [2.05, 4.69) is 5.73 Å². The highest BCUT2D eigenvalue weighted by molar-refractivity contribution is 5.75. The molecule has 3 N–H and O–H groups in total. The highest BCUT2D eigenvalue weighted by Crippen LogP contribution is 2.13. The van der Waals surface area contributed by atoms with E-state index in [0.717, 1.165) is 22.6 Å². The molecule has 0 fully saturated rings. The van der Waals surface area contributed by atoms with E-state index in [0.29, 0.717) is 0 Å². The highest BCUT2D eigenvalue weighted by atomic mass is 16.5. The molecule has 0 saturated heterocycles. The molecule has 150 valence electrons. The molecule has 2 rings (SSSR count). The predicted molar refractivity (Wildman–Crippen MR) is 101 cm³/mol. The van der Waals surface area contributed by atoms with Gasteiger partial charge in [-0.3, -0.25) is 4.79 Å². The summed E-state index contributed by atoms with van der Waals surface area (Å²) in [6, 6.07) is 13.8. The van der Waals surface area contributed by atoms with Crippen LogP contribution in [-0.4, -0.2) is 32.2 Å². The van der Waals surface area contributed by atoms with Crippen LogP contribution in [0.3, 0.4) is 0 Å². The number of quaternary nitrogens is 1. The van der Waals surface area contributed by atoms with Gasteiger partial charge in [0.1, 0.15) is 24.7 Å². The summed E-state index contributed by atoms with van der Waals surface area (Å²) in [6.45, 7) is 0.323. The zero-order valence-electron chi connectivity index (χ0n) is 16.2. The van der Waals surface area contributed by atoms with E-state index in [1.807, 2.05) is 24.3 Å². The molecule has 0 bridgehead atoms. The van der Waals surface area contributed by atoms with Crippen LogP contribution >= 0.6 is 0 Å². The molecule has 0 radical (unpaired) electrons. The summed E-state index contributed by atoms with van der Waals surface area (Å²) in [7, 11) is 3.18. The zero-order valence-corrected chi connectivity index (χ0v) is 16.2. The molecule has 7 heteroatoms. The molecule has 0 heterocycles. The van der Waals surface area contributed by atoms with Gasteiger partial charge in [0, 0.05) is 6.42 Å². The van der Waals surface area contributed by atoms with E-state index in [1.165, 1.54) is 0 Å². The second-order valence-electron chi connectivity index (χ2n) is 6.20. The normalized spacial score (nSPS) is 11.4. The van der Waals surface area contributed by atoms with E-state index >= 15 is 0 Å². The van der Waals surface area contributed by atoms with Gasteiger partial charge in [-0.2, -0.15) is 0 Å². The van der Waals surface area contributed by atoms with Crippen LogP contribution in [0.4, 0.5) is 0 Å². The van der Waals surface area contributed by atoms with Gasteiger partial charge in [-0.15, -0.1) is 0 Å². The Kier molecular flexibility index (Phi) is 8.30. The van der Waals surface area contributed by atoms with Gasteiger partial charge >= 0.3 is 11.9 Å². The number of carbonyl (C=O) groups is 2. The molecular weight excluding hydrogens is 362 g/mol. The van der Waals surface area contributed by atoms with E-state index in [1.54, 1.807) is 38.5 Å². The molecule has 0 aliphatic heterocycles. The third-order valence-electron chi connectivity index (χ3n) is 4.13. The molecule has 28 heavy (non-hydrogen) atoms. The van der Waals surface area contributed by atoms with Crippen LogP contribution in [0.2, 0.25) is 0 Å². The number of esters is 2. The van der Waals surface area contributed by atoms with E-state index in [9.17, 15) is 9.59 Å². The smallest absolute Gasteiger partial charge is 0.365 e. The topological polar surface area (TPSA) is 98.7 Å². The van der Waals surface area contributed by atoms with Crippen molar-refractivity contribution >= 4 is 11.9 Å². The van der Waals surface area contributed by atoms with Crippen molar-refractivity contribution < 1.29 is 34.3 Å². The molecule has 0 amide bonds. The van der Waals surface area contributed by atoms with E-state index in [4.69, 9.17) is 18.9 Å². The Balaban J connectivity index is 1.67. The van der Waals surface area contributed by atoms with Crippen molar-refractivity contribution in [3.05, 3.63) is 59.7 Å². The third kappa shape index (κ3) is 6.92. The molecule has 0 spiro atoms. The first-order chi connectivity index (χ1) is 13.5. The van der Waals surface area contributed by atoms with E-state index in [-0.39, 0.29) is 32.0 Å². The maximum Gasteiger partial charge on any atom is 0.365 e. The summed E-state index contributed by atoms with van der Waals surface area (Å²) in [5, 5.41) is 0. The second kappa shape index (κ2) is 10.9. The lowest BCUT2D eigenvalue weighted by Gasteiger charge is -2.10.